The number of hydrogen-bond acceptors (Lipinski definition) is 3. The number of aromatic nitrogens is 2. The predicted molar refractivity (Wildman–Crippen MR) is 67.9 cm³/mol. The Bertz CT molecular complexity index is 340. The maximum absolute atomic E-state index is 4.26. The molecular weight excluding hydrogens is 212 g/mol. The highest BCUT2D eigenvalue weighted by Gasteiger charge is 2.37. The zero-order valence-corrected chi connectivity index (χ0v) is 10.4. The highest BCUT2D eigenvalue weighted by molar-refractivity contribution is 4.98. The van der Waals surface area contributed by atoms with Crippen molar-refractivity contribution in [3.05, 3.63) is 18.5 Å². The zero-order chi connectivity index (χ0) is 11.6. The molecular formula is C13H22N4. The van der Waals surface area contributed by atoms with E-state index >= 15 is 0 Å². The Morgan fingerprint density at radius 2 is 2.12 bits per heavy atom. The fourth-order valence-corrected chi connectivity index (χ4v) is 3.30. The first-order chi connectivity index (χ1) is 8.36. The molecule has 1 aliphatic carbocycles. The zero-order valence-electron chi connectivity index (χ0n) is 10.4. The van der Waals surface area contributed by atoms with E-state index in [4.69, 9.17) is 0 Å². The molecule has 1 saturated heterocycles. The molecule has 2 fully saturated rings. The van der Waals surface area contributed by atoms with E-state index in [0.717, 1.165) is 19.6 Å². The molecule has 0 amide bonds. The van der Waals surface area contributed by atoms with Crippen LogP contribution in [0.5, 0.6) is 0 Å². The van der Waals surface area contributed by atoms with Gasteiger partial charge in [0.2, 0.25) is 0 Å². The Morgan fingerprint density at radius 3 is 2.88 bits per heavy atom. The SMILES string of the molecule is c1cnn(CCN2CCNC3(CCCC3)C2)c1. The van der Waals surface area contributed by atoms with Crippen LogP contribution in [0.25, 0.3) is 0 Å². The second-order valence-corrected chi connectivity index (χ2v) is 5.46. The lowest BCUT2D eigenvalue weighted by Crippen LogP contribution is -2.59. The highest BCUT2D eigenvalue weighted by Crippen LogP contribution is 2.31. The van der Waals surface area contributed by atoms with Crippen molar-refractivity contribution in [3.8, 4) is 0 Å². The van der Waals surface area contributed by atoms with Crippen molar-refractivity contribution in [2.24, 2.45) is 0 Å². The normalized spacial score (nSPS) is 24.5. The average molecular weight is 234 g/mol. The van der Waals surface area contributed by atoms with Gasteiger partial charge in [-0.3, -0.25) is 9.58 Å². The second-order valence-electron chi connectivity index (χ2n) is 5.46. The first kappa shape index (κ1) is 11.2. The van der Waals surface area contributed by atoms with Crippen LogP contribution in [0.3, 0.4) is 0 Å². The van der Waals surface area contributed by atoms with Crippen molar-refractivity contribution in [1.82, 2.24) is 20.0 Å². The molecule has 3 rings (SSSR count). The van der Waals surface area contributed by atoms with Gasteiger partial charge in [0.25, 0.3) is 0 Å². The minimum atomic E-state index is 0.447. The van der Waals surface area contributed by atoms with E-state index in [1.807, 2.05) is 23.1 Å². The van der Waals surface area contributed by atoms with E-state index in [0.29, 0.717) is 5.54 Å². The van der Waals surface area contributed by atoms with Crippen molar-refractivity contribution in [2.45, 2.75) is 37.8 Å². The third-order valence-electron chi connectivity index (χ3n) is 4.22. The number of piperazine rings is 1. The first-order valence-electron chi connectivity index (χ1n) is 6.81. The fraction of sp³-hybridized carbons (Fsp3) is 0.769. The summed E-state index contributed by atoms with van der Waals surface area (Å²) in [6, 6.07) is 2.00. The third kappa shape index (κ3) is 2.53. The topological polar surface area (TPSA) is 33.1 Å². The van der Waals surface area contributed by atoms with Gasteiger partial charge in [0.05, 0.1) is 6.54 Å². The Morgan fingerprint density at radius 1 is 1.24 bits per heavy atom. The second kappa shape index (κ2) is 4.78. The summed E-state index contributed by atoms with van der Waals surface area (Å²) < 4.78 is 2.03. The molecule has 1 spiro atoms. The molecule has 4 heteroatoms. The summed E-state index contributed by atoms with van der Waals surface area (Å²) in [5.41, 5.74) is 0.447. The van der Waals surface area contributed by atoms with Crippen LogP contribution in [-0.2, 0) is 6.54 Å². The molecule has 1 aliphatic heterocycles. The van der Waals surface area contributed by atoms with E-state index in [1.165, 1.54) is 38.8 Å². The standard InChI is InChI=1S/C13H22N4/c1-2-5-13(4-1)12-16(9-7-14-13)10-11-17-8-3-6-15-17/h3,6,8,14H,1-2,4-5,7,9-12H2. The third-order valence-corrected chi connectivity index (χ3v) is 4.22. The molecule has 1 aromatic heterocycles. The van der Waals surface area contributed by atoms with Gasteiger partial charge in [-0.05, 0) is 18.9 Å². The molecule has 1 saturated carbocycles. The van der Waals surface area contributed by atoms with Crippen molar-refractivity contribution < 1.29 is 0 Å². The minimum Gasteiger partial charge on any atom is -0.309 e. The Labute approximate surface area is 103 Å². The largest absolute Gasteiger partial charge is 0.309 e. The van der Waals surface area contributed by atoms with Crippen LogP contribution in [0.2, 0.25) is 0 Å². The summed E-state index contributed by atoms with van der Waals surface area (Å²) >= 11 is 0. The van der Waals surface area contributed by atoms with Crippen LogP contribution in [0, 0.1) is 0 Å². The summed E-state index contributed by atoms with van der Waals surface area (Å²) in [4.78, 5) is 2.60. The van der Waals surface area contributed by atoms with Crippen LogP contribution in [0.4, 0.5) is 0 Å². The number of nitrogens with zero attached hydrogens (tertiary/aromatic N) is 3. The molecule has 0 bridgehead atoms. The van der Waals surface area contributed by atoms with Gasteiger partial charge >= 0.3 is 0 Å². The van der Waals surface area contributed by atoms with Gasteiger partial charge in [0.15, 0.2) is 0 Å². The van der Waals surface area contributed by atoms with Crippen LogP contribution < -0.4 is 5.32 Å². The Kier molecular flexibility index (Phi) is 3.16. The summed E-state index contributed by atoms with van der Waals surface area (Å²) in [5, 5.41) is 8.02. The summed E-state index contributed by atoms with van der Waals surface area (Å²) in [6.45, 7) is 5.71. The Balaban J connectivity index is 1.53. The molecule has 17 heavy (non-hydrogen) atoms. The highest BCUT2D eigenvalue weighted by atomic mass is 15.3. The quantitative estimate of drug-likeness (QED) is 0.850. The molecule has 4 nitrogen and oxygen atoms in total. The van der Waals surface area contributed by atoms with Gasteiger partial charge in [-0.2, -0.15) is 5.10 Å². The van der Waals surface area contributed by atoms with E-state index in [9.17, 15) is 0 Å². The van der Waals surface area contributed by atoms with Crippen molar-refractivity contribution in [2.75, 3.05) is 26.2 Å². The monoisotopic (exact) mass is 234 g/mol. The molecule has 94 valence electrons. The van der Waals surface area contributed by atoms with Gasteiger partial charge in [-0.25, -0.2) is 0 Å². The minimum absolute atomic E-state index is 0.447. The molecule has 0 unspecified atom stereocenters. The van der Waals surface area contributed by atoms with Gasteiger partial charge in [-0.15, -0.1) is 0 Å². The van der Waals surface area contributed by atoms with Crippen molar-refractivity contribution in [3.63, 3.8) is 0 Å². The Hall–Kier alpha value is -0.870. The number of nitrogens with one attached hydrogen (secondary N) is 1. The lowest BCUT2D eigenvalue weighted by molar-refractivity contribution is 0.130. The number of hydrogen-bond donors (Lipinski definition) is 1. The van der Waals surface area contributed by atoms with E-state index in [2.05, 4.69) is 15.3 Å². The van der Waals surface area contributed by atoms with Crippen molar-refractivity contribution >= 4 is 0 Å². The van der Waals surface area contributed by atoms with E-state index < -0.39 is 0 Å². The fourth-order valence-electron chi connectivity index (χ4n) is 3.30. The molecule has 0 aromatic carbocycles. The lowest BCUT2D eigenvalue weighted by Gasteiger charge is -2.41. The maximum atomic E-state index is 4.26. The van der Waals surface area contributed by atoms with Gasteiger partial charge in [0.1, 0.15) is 0 Å². The average Bonchev–Trinajstić information content (AvgIpc) is 2.99. The van der Waals surface area contributed by atoms with Crippen LogP contribution >= 0.6 is 0 Å². The number of rotatable bonds is 3. The van der Waals surface area contributed by atoms with E-state index in [-0.39, 0.29) is 0 Å². The molecule has 1 aromatic rings. The van der Waals surface area contributed by atoms with E-state index in [1.54, 1.807) is 0 Å². The summed E-state index contributed by atoms with van der Waals surface area (Å²) in [5.74, 6) is 0. The van der Waals surface area contributed by atoms with Gasteiger partial charge < -0.3 is 5.32 Å². The molecule has 0 atom stereocenters. The first-order valence-corrected chi connectivity index (χ1v) is 6.81. The summed E-state index contributed by atoms with van der Waals surface area (Å²) in [6.07, 6.45) is 9.44. The lowest BCUT2D eigenvalue weighted by atomic mass is 9.94. The van der Waals surface area contributed by atoms with Gasteiger partial charge in [0, 0.05) is 44.1 Å². The molecule has 1 N–H and O–H groups in total. The van der Waals surface area contributed by atoms with Crippen LogP contribution in [-0.4, -0.2) is 46.4 Å². The maximum Gasteiger partial charge on any atom is 0.0536 e. The molecule has 2 aliphatic rings. The van der Waals surface area contributed by atoms with Crippen LogP contribution in [0.1, 0.15) is 25.7 Å². The van der Waals surface area contributed by atoms with Crippen molar-refractivity contribution in [1.29, 1.82) is 0 Å². The van der Waals surface area contributed by atoms with Crippen LogP contribution in [0.15, 0.2) is 18.5 Å². The molecule has 2 heterocycles. The molecule has 0 radical (unpaired) electrons. The summed E-state index contributed by atoms with van der Waals surface area (Å²) in [7, 11) is 0. The predicted octanol–water partition coefficient (Wildman–Crippen LogP) is 1.10. The van der Waals surface area contributed by atoms with Gasteiger partial charge in [-0.1, -0.05) is 12.8 Å². The smallest absolute Gasteiger partial charge is 0.0536 e.